The molecule has 1 heterocycles. The van der Waals surface area contributed by atoms with E-state index in [-0.39, 0.29) is 0 Å². The minimum Gasteiger partial charge on any atom is -0.383 e. The van der Waals surface area contributed by atoms with Crippen molar-refractivity contribution in [2.24, 2.45) is 5.92 Å². The Balaban J connectivity index is 1.58. The molecule has 3 N–H and O–H groups in total. The molecule has 0 aromatic carbocycles. The van der Waals surface area contributed by atoms with Crippen molar-refractivity contribution < 1.29 is 0 Å². The van der Waals surface area contributed by atoms with Gasteiger partial charge in [-0.2, -0.15) is 0 Å². The first-order chi connectivity index (χ1) is 9.74. The normalized spacial score (nSPS) is 20.1. The maximum Gasteiger partial charge on any atom is 0.136 e. The zero-order valence-electron chi connectivity index (χ0n) is 12.5. The topological polar surface area (TPSA) is 63.8 Å². The van der Waals surface area contributed by atoms with Crippen molar-refractivity contribution in [2.75, 3.05) is 17.6 Å². The van der Waals surface area contributed by atoms with Crippen LogP contribution >= 0.6 is 0 Å². The molecule has 110 valence electrons. The molecule has 0 saturated heterocycles. The summed E-state index contributed by atoms with van der Waals surface area (Å²) in [6, 6.07) is 0. The zero-order valence-corrected chi connectivity index (χ0v) is 12.5. The van der Waals surface area contributed by atoms with Gasteiger partial charge in [0, 0.05) is 18.0 Å². The molecule has 0 unspecified atom stereocenters. The first kappa shape index (κ1) is 13.7. The Bertz CT molecular complexity index is 462. The van der Waals surface area contributed by atoms with Crippen LogP contribution in [0.4, 0.5) is 11.6 Å². The maximum atomic E-state index is 6.01. The highest BCUT2D eigenvalue weighted by Crippen LogP contribution is 2.39. The lowest BCUT2D eigenvalue weighted by molar-refractivity contribution is 0.345. The third kappa shape index (κ3) is 3.22. The zero-order chi connectivity index (χ0) is 13.9. The monoisotopic (exact) mass is 274 g/mol. The Morgan fingerprint density at radius 3 is 2.55 bits per heavy atom. The molecular weight excluding hydrogens is 248 g/mol. The van der Waals surface area contributed by atoms with E-state index in [1.807, 2.05) is 6.92 Å². The minimum absolute atomic E-state index is 0.553. The van der Waals surface area contributed by atoms with Crippen LogP contribution < -0.4 is 11.1 Å². The predicted octanol–water partition coefficient (Wildman–Crippen LogP) is 3.63. The molecule has 3 rings (SSSR count). The van der Waals surface area contributed by atoms with Crippen LogP contribution in [0.5, 0.6) is 0 Å². The Morgan fingerprint density at radius 2 is 1.85 bits per heavy atom. The number of hydrogen-bond acceptors (Lipinski definition) is 4. The summed E-state index contributed by atoms with van der Waals surface area (Å²) in [5.74, 6) is 3.99. The van der Waals surface area contributed by atoms with Gasteiger partial charge in [-0.3, -0.25) is 0 Å². The summed E-state index contributed by atoms with van der Waals surface area (Å²) in [7, 11) is 0. The van der Waals surface area contributed by atoms with E-state index in [0.29, 0.717) is 11.7 Å². The van der Waals surface area contributed by atoms with E-state index in [0.717, 1.165) is 29.7 Å². The van der Waals surface area contributed by atoms with Crippen LogP contribution in [-0.4, -0.2) is 16.5 Å². The molecule has 2 aliphatic carbocycles. The molecule has 20 heavy (non-hydrogen) atoms. The first-order valence-corrected chi connectivity index (χ1v) is 8.12. The second-order valence-corrected chi connectivity index (χ2v) is 6.43. The van der Waals surface area contributed by atoms with Gasteiger partial charge in [0.1, 0.15) is 17.5 Å². The molecule has 0 aliphatic heterocycles. The van der Waals surface area contributed by atoms with E-state index in [9.17, 15) is 0 Å². The van der Waals surface area contributed by atoms with Gasteiger partial charge in [0.05, 0.1) is 0 Å². The van der Waals surface area contributed by atoms with Gasteiger partial charge in [-0.15, -0.1) is 0 Å². The number of rotatable bonds is 5. The van der Waals surface area contributed by atoms with Crippen molar-refractivity contribution in [1.29, 1.82) is 0 Å². The molecule has 2 aliphatic rings. The summed E-state index contributed by atoms with van der Waals surface area (Å²) in [6.07, 6.45) is 10.7. The average molecular weight is 274 g/mol. The molecule has 2 saturated carbocycles. The van der Waals surface area contributed by atoms with Crippen molar-refractivity contribution in [1.82, 2.24) is 9.97 Å². The van der Waals surface area contributed by atoms with Crippen LogP contribution in [0.2, 0.25) is 0 Å². The SMILES string of the molecule is Cc1c(N)nc(C2CC2)nc1NCCC1CCCCC1. The fourth-order valence-corrected chi connectivity index (χ4v) is 3.12. The number of nitrogens with two attached hydrogens (primary N) is 1. The maximum absolute atomic E-state index is 6.01. The fraction of sp³-hybridized carbons (Fsp3) is 0.750. The molecule has 2 fully saturated rings. The number of hydrogen-bond donors (Lipinski definition) is 2. The van der Waals surface area contributed by atoms with Gasteiger partial charge in [-0.05, 0) is 32.1 Å². The van der Waals surface area contributed by atoms with Crippen LogP contribution in [0.25, 0.3) is 0 Å². The predicted molar refractivity (Wildman–Crippen MR) is 82.8 cm³/mol. The van der Waals surface area contributed by atoms with Crippen LogP contribution in [0.3, 0.4) is 0 Å². The van der Waals surface area contributed by atoms with Gasteiger partial charge < -0.3 is 11.1 Å². The van der Waals surface area contributed by atoms with Crippen LogP contribution in [0.1, 0.15) is 68.7 Å². The van der Waals surface area contributed by atoms with E-state index in [2.05, 4.69) is 15.3 Å². The van der Waals surface area contributed by atoms with Crippen molar-refractivity contribution in [3.63, 3.8) is 0 Å². The van der Waals surface area contributed by atoms with E-state index >= 15 is 0 Å². The Morgan fingerprint density at radius 1 is 1.10 bits per heavy atom. The van der Waals surface area contributed by atoms with Gasteiger partial charge in [0.2, 0.25) is 0 Å². The number of aromatic nitrogens is 2. The van der Waals surface area contributed by atoms with Gasteiger partial charge in [0.15, 0.2) is 0 Å². The second-order valence-electron chi connectivity index (χ2n) is 6.43. The standard InChI is InChI=1S/C16H26N4/c1-11-14(17)19-16(13-7-8-13)20-15(11)18-10-9-12-5-3-2-4-6-12/h12-13H,2-10H2,1H3,(H3,17,18,19,20). The molecule has 0 radical (unpaired) electrons. The Kier molecular flexibility index (Phi) is 4.08. The van der Waals surface area contributed by atoms with Crippen molar-refractivity contribution in [2.45, 2.75) is 64.2 Å². The van der Waals surface area contributed by atoms with E-state index < -0.39 is 0 Å². The number of nitrogen functional groups attached to an aromatic ring is 1. The highest BCUT2D eigenvalue weighted by Gasteiger charge is 2.27. The molecule has 1 aromatic heterocycles. The quantitative estimate of drug-likeness (QED) is 0.860. The lowest BCUT2D eigenvalue weighted by Crippen LogP contribution is -2.14. The van der Waals surface area contributed by atoms with E-state index in [4.69, 9.17) is 5.73 Å². The summed E-state index contributed by atoms with van der Waals surface area (Å²) in [6.45, 7) is 3.01. The van der Waals surface area contributed by atoms with E-state index in [1.165, 1.54) is 51.4 Å². The molecule has 0 atom stereocenters. The van der Waals surface area contributed by atoms with E-state index in [1.54, 1.807) is 0 Å². The summed E-state index contributed by atoms with van der Waals surface area (Å²) in [4.78, 5) is 9.10. The number of anilines is 2. The van der Waals surface area contributed by atoms with Crippen molar-refractivity contribution in [3.05, 3.63) is 11.4 Å². The summed E-state index contributed by atoms with van der Waals surface area (Å²) >= 11 is 0. The smallest absolute Gasteiger partial charge is 0.136 e. The summed E-state index contributed by atoms with van der Waals surface area (Å²) in [5.41, 5.74) is 7.01. The summed E-state index contributed by atoms with van der Waals surface area (Å²) in [5, 5.41) is 3.49. The number of nitrogens with one attached hydrogen (secondary N) is 1. The van der Waals surface area contributed by atoms with Crippen molar-refractivity contribution in [3.8, 4) is 0 Å². The number of nitrogens with zero attached hydrogens (tertiary/aromatic N) is 2. The molecule has 4 nitrogen and oxygen atoms in total. The highest BCUT2D eigenvalue weighted by atomic mass is 15.1. The first-order valence-electron chi connectivity index (χ1n) is 8.12. The van der Waals surface area contributed by atoms with Gasteiger partial charge in [-0.1, -0.05) is 32.1 Å². The fourth-order valence-electron chi connectivity index (χ4n) is 3.12. The molecule has 0 amide bonds. The molecule has 1 aromatic rings. The van der Waals surface area contributed by atoms with Crippen molar-refractivity contribution >= 4 is 11.6 Å². The molecule has 4 heteroatoms. The minimum atomic E-state index is 0.553. The third-order valence-electron chi connectivity index (χ3n) is 4.71. The van der Waals surface area contributed by atoms with Gasteiger partial charge in [0.25, 0.3) is 0 Å². The lowest BCUT2D eigenvalue weighted by atomic mass is 9.87. The third-order valence-corrected chi connectivity index (χ3v) is 4.71. The Labute approximate surface area is 121 Å². The lowest BCUT2D eigenvalue weighted by Gasteiger charge is -2.21. The van der Waals surface area contributed by atoms with Gasteiger partial charge >= 0.3 is 0 Å². The van der Waals surface area contributed by atoms with Crippen LogP contribution in [0.15, 0.2) is 0 Å². The Hall–Kier alpha value is -1.32. The average Bonchev–Trinajstić information content (AvgIpc) is 3.29. The van der Waals surface area contributed by atoms with Crippen LogP contribution in [0, 0.1) is 12.8 Å². The molecule has 0 bridgehead atoms. The largest absolute Gasteiger partial charge is 0.383 e. The highest BCUT2D eigenvalue weighted by molar-refractivity contribution is 5.55. The summed E-state index contributed by atoms with van der Waals surface area (Å²) < 4.78 is 0. The molecular formula is C16H26N4. The van der Waals surface area contributed by atoms with Crippen LogP contribution in [-0.2, 0) is 0 Å². The molecule has 0 spiro atoms. The second kappa shape index (κ2) is 5.98. The van der Waals surface area contributed by atoms with Gasteiger partial charge in [-0.25, -0.2) is 9.97 Å².